The van der Waals surface area contributed by atoms with E-state index < -0.39 is 0 Å². The van der Waals surface area contributed by atoms with Crippen molar-refractivity contribution in [3.05, 3.63) is 50.7 Å². The lowest BCUT2D eigenvalue weighted by molar-refractivity contribution is 0.574. The summed E-state index contributed by atoms with van der Waals surface area (Å²) in [5.74, 6) is 0. The van der Waals surface area contributed by atoms with Crippen LogP contribution in [0.1, 0.15) is 23.9 Å². The van der Waals surface area contributed by atoms with E-state index in [1.54, 1.807) is 0 Å². The standard InChI is InChI=1S/C15H19BrClN3/c1-3-20-14(15(17)10(2)19-20)9-12(18)8-11-6-4-5-7-13(11)16/h4-7,12H,3,8-9,18H2,1-2H3. The van der Waals surface area contributed by atoms with Gasteiger partial charge in [0.25, 0.3) is 0 Å². The van der Waals surface area contributed by atoms with Gasteiger partial charge in [0.05, 0.1) is 16.4 Å². The highest BCUT2D eigenvalue weighted by Crippen LogP contribution is 2.23. The van der Waals surface area contributed by atoms with Gasteiger partial charge in [-0.2, -0.15) is 5.10 Å². The normalized spacial score (nSPS) is 12.7. The van der Waals surface area contributed by atoms with Gasteiger partial charge >= 0.3 is 0 Å². The molecule has 1 aromatic carbocycles. The molecule has 0 aliphatic rings. The van der Waals surface area contributed by atoms with Crippen LogP contribution >= 0.6 is 27.5 Å². The molecular weight excluding hydrogens is 338 g/mol. The summed E-state index contributed by atoms with van der Waals surface area (Å²) in [5, 5.41) is 5.17. The van der Waals surface area contributed by atoms with E-state index in [2.05, 4.69) is 34.0 Å². The van der Waals surface area contributed by atoms with Crippen molar-refractivity contribution in [2.45, 2.75) is 39.3 Å². The molecule has 0 saturated heterocycles. The number of halogens is 2. The first-order valence-electron chi connectivity index (χ1n) is 6.73. The quantitative estimate of drug-likeness (QED) is 0.887. The molecule has 5 heteroatoms. The predicted octanol–water partition coefficient (Wildman–Crippen LogP) is 3.74. The van der Waals surface area contributed by atoms with Gasteiger partial charge in [0.1, 0.15) is 0 Å². The van der Waals surface area contributed by atoms with Crippen molar-refractivity contribution in [2.75, 3.05) is 0 Å². The SMILES string of the molecule is CCn1nc(C)c(Cl)c1CC(N)Cc1ccccc1Br. The van der Waals surface area contributed by atoms with Crippen LogP contribution in [0.25, 0.3) is 0 Å². The molecule has 0 fully saturated rings. The van der Waals surface area contributed by atoms with Crippen LogP contribution < -0.4 is 5.73 Å². The summed E-state index contributed by atoms with van der Waals surface area (Å²) < 4.78 is 3.04. The van der Waals surface area contributed by atoms with Gasteiger partial charge in [-0.05, 0) is 31.9 Å². The summed E-state index contributed by atoms with van der Waals surface area (Å²) >= 11 is 9.88. The van der Waals surface area contributed by atoms with Crippen molar-refractivity contribution in [2.24, 2.45) is 5.73 Å². The summed E-state index contributed by atoms with van der Waals surface area (Å²) in [7, 11) is 0. The number of nitrogens with two attached hydrogens (primary N) is 1. The molecule has 2 N–H and O–H groups in total. The van der Waals surface area contributed by atoms with Gasteiger partial charge in [-0.15, -0.1) is 0 Å². The van der Waals surface area contributed by atoms with E-state index in [1.165, 1.54) is 5.56 Å². The molecule has 0 saturated carbocycles. The molecule has 2 rings (SSSR count). The molecule has 0 bridgehead atoms. The Morgan fingerprint density at radius 1 is 1.35 bits per heavy atom. The minimum absolute atomic E-state index is 0.0209. The first kappa shape index (κ1) is 15.5. The molecule has 0 aliphatic heterocycles. The molecule has 20 heavy (non-hydrogen) atoms. The van der Waals surface area contributed by atoms with Gasteiger partial charge in [0, 0.05) is 23.5 Å². The maximum Gasteiger partial charge on any atom is 0.0847 e. The van der Waals surface area contributed by atoms with Crippen LogP contribution in [-0.4, -0.2) is 15.8 Å². The third-order valence-corrected chi connectivity index (χ3v) is 4.61. The molecule has 0 spiro atoms. The highest BCUT2D eigenvalue weighted by molar-refractivity contribution is 9.10. The van der Waals surface area contributed by atoms with E-state index in [9.17, 15) is 0 Å². The molecule has 108 valence electrons. The van der Waals surface area contributed by atoms with Crippen LogP contribution in [0.3, 0.4) is 0 Å². The van der Waals surface area contributed by atoms with Crippen molar-refractivity contribution in [3.8, 4) is 0 Å². The first-order chi connectivity index (χ1) is 9.52. The second-order valence-corrected chi connectivity index (χ2v) is 6.15. The number of nitrogens with zero attached hydrogens (tertiary/aromatic N) is 2. The number of benzene rings is 1. The fourth-order valence-corrected chi connectivity index (χ4v) is 2.99. The van der Waals surface area contributed by atoms with E-state index in [1.807, 2.05) is 29.8 Å². The number of aromatic nitrogens is 2. The molecular formula is C15H19BrClN3. The molecule has 3 nitrogen and oxygen atoms in total. The monoisotopic (exact) mass is 355 g/mol. The lowest BCUT2D eigenvalue weighted by Crippen LogP contribution is -2.27. The molecule has 0 amide bonds. The van der Waals surface area contributed by atoms with Crippen LogP contribution in [0.4, 0.5) is 0 Å². The second-order valence-electron chi connectivity index (χ2n) is 4.92. The summed E-state index contributed by atoms with van der Waals surface area (Å²) in [6, 6.07) is 8.18. The van der Waals surface area contributed by atoms with Crippen LogP contribution in [0.15, 0.2) is 28.7 Å². The highest BCUT2D eigenvalue weighted by Gasteiger charge is 2.16. The van der Waals surface area contributed by atoms with Gasteiger partial charge in [0.15, 0.2) is 0 Å². The molecule has 1 aromatic heterocycles. The number of aryl methyl sites for hydroxylation is 2. The Bertz CT molecular complexity index is 595. The average Bonchev–Trinajstić information content (AvgIpc) is 2.69. The van der Waals surface area contributed by atoms with Crippen molar-refractivity contribution in [1.82, 2.24) is 9.78 Å². The molecule has 1 atom stereocenters. The Labute approximate surface area is 133 Å². The predicted molar refractivity (Wildman–Crippen MR) is 87.2 cm³/mol. The molecule has 1 heterocycles. The lowest BCUT2D eigenvalue weighted by Gasteiger charge is -2.14. The Morgan fingerprint density at radius 3 is 2.70 bits per heavy atom. The van der Waals surface area contributed by atoms with E-state index in [-0.39, 0.29) is 6.04 Å². The van der Waals surface area contributed by atoms with Gasteiger partial charge in [-0.1, -0.05) is 45.7 Å². The van der Waals surface area contributed by atoms with E-state index in [0.29, 0.717) is 0 Å². The number of hydrogen-bond acceptors (Lipinski definition) is 2. The summed E-state index contributed by atoms with van der Waals surface area (Å²) in [4.78, 5) is 0. The fourth-order valence-electron chi connectivity index (χ4n) is 2.33. The van der Waals surface area contributed by atoms with Crippen molar-refractivity contribution in [3.63, 3.8) is 0 Å². The highest BCUT2D eigenvalue weighted by atomic mass is 79.9. The molecule has 1 unspecified atom stereocenters. The first-order valence-corrected chi connectivity index (χ1v) is 7.90. The maximum atomic E-state index is 6.32. The van der Waals surface area contributed by atoms with Crippen LogP contribution in [0.2, 0.25) is 5.02 Å². The second kappa shape index (κ2) is 6.74. The topological polar surface area (TPSA) is 43.8 Å². The molecule has 0 radical (unpaired) electrons. The largest absolute Gasteiger partial charge is 0.327 e. The Kier molecular flexibility index (Phi) is 5.24. The molecule has 0 aliphatic carbocycles. The Hall–Kier alpha value is -0.840. The van der Waals surface area contributed by atoms with E-state index in [0.717, 1.165) is 40.3 Å². The van der Waals surface area contributed by atoms with E-state index in [4.69, 9.17) is 17.3 Å². The summed E-state index contributed by atoms with van der Waals surface area (Å²) in [5.41, 5.74) is 9.41. The van der Waals surface area contributed by atoms with Gasteiger partial charge in [0.2, 0.25) is 0 Å². The Balaban J connectivity index is 2.12. The van der Waals surface area contributed by atoms with Crippen molar-refractivity contribution >= 4 is 27.5 Å². The number of rotatable bonds is 5. The van der Waals surface area contributed by atoms with Gasteiger partial charge < -0.3 is 5.73 Å². The fraction of sp³-hybridized carbons (Fsp3) is 0.400. The van der Waals surface area contributed by atoms with Gasteiger partial charge in [-0.3, -0.25) is 4.68 Å². The van der Waals surface area contributed by atoms with Crippen molar-refractivity contribution < 1.29 is 0 Å². The maximum absolute atomic E-state index is 6.32. The zero-order valence-corrected chi connectivity index (χ0v) is 14.1. The van der Waals surface area contributed by atoms with Crippen LogP contribution in [0.5, 0.6) is 0 Å². The molecule has 2 aromatic rings. The van der Waals surface area contributed by atoms with Crippen molar-refractivity contribution in [1.29, 1.82) is 0 Å². The van der Waals surface area contributed by atoms with Crippen LogP contribution in [0, 0.1) is 6.92 Å². The average molecular weight is 357 g/mol. The zero-order chi connectivity index (χ0) is 14.7. The third kappa shape index (κ3) is 3.43. The van der Waals surface area contributed by atoms with E-state index >= 15 is 0 Å². The summed E-state index contributed by atoms with van der Waals surface area (Å²) in [6.45, 7) is 4.80. The summed E-state index contributed by atoms with van der Waals surface area (Å²) in [6.07, 6.45) is 1.54. The Morgan fingerprint density at radius 2 is 2.05 bits per heavy atom. The smallest absolute Gasteiger partial charge is 0.0847 e. The third-order valence-electron chi connectivity index (χ3n) is 3.35. The van der Waals surface area contributed by atoms with Crippen LogP contribution in [-0.2, 0) is 19.4 Å². The lowest BCUT2D eigenvalue weighted by atomic mass is 10.0. The number of hydrogen-bond donors (Lipinski definition) is 1. The minimum atomic E-state index is 0.0209. The minimum Gasteiger partial charge on any atom is -0.327 e. The zero-order valence-electron chi connectivity index (χ0n) is 11.7. The van der Waals surface area contributed by atoms with Gasteiger partial charge in [-0.25, -0.2) is 0 Å².